The van der Waals surface area contributed by atoms with Gasteiger partial charge in [0.25, 0.3) is 5.91 Å². The highest BCUT2D eigenvalue weighted by molar-refractivity contribution is 6.07. The summed E-state index contributed by atoms with van der Waals surface area (Å²) in [6.45, 7) is 3.95. The zero-order valence-electron chi connectivity index (χ0n) is 12.4. The van der Waals surface area contributed by atoms with E-state index in [0.717, 1.165) is 43.0 Å². The molecule has 112 valence electrons. The van der Waals surface area contributed by atoms with E-state index in [1.54, 1.807) is 0 Å². The van der Waals surface area contributed by atoms with Crippen molar-refractivity contribution in [3.05, 3.63) is 65.2 Å². The number of fused-ring (bicyclic) bond motifs is 2. The molecule has 2 aliphatic heterocycles. The number of nitrogens with zero attached hydrogens (tertiary/aromatic N) is 1. The third kappa shape index (κ3) is 2.21. The van der Waals surface area contributed by atoms with Gasteiger partial charge in [0, 0.05) is 37.4 Å². The average molecular weight is 293 g/mol. The fourth-order valence-corrected chi connectivity index (χ4v) is 3.48. The zero-order chi connectivity index (χ0) is 14.9. The van der Waals surface area contributed by atoms with E-state index in [-0.39, 0.29) is 11.9 Å². The molecular formula is C18H19N3O. The molecule has 0 aromatic heterocycles. The van der Waals surface area contributed by atoms with Crippen LogP contribution in [0.15, 0.2) is 48.5 Å². The molecule has 1 fully saturated rings. The topological polar surface area (TPSA) is 44.4 Å². The third-order valence-corrected chi connectivity index (χ3v) is 4.52. The van der Waals surface area contributed by atoms with Gasteiger partial charge in [-0.1, -0.05) is 36.4 Å². The quantitative estimate of drug-likeness (QED) is 0.847. The zero-order valence-corrected chi connectivity index (χ0v) is 12.4. The van der Waals surface area contributed by atoms with Gasteiger partial charge in [0.2, 0.25) is 0 Å². The van der Waals surface area contributed by atoms with Crippen molar-refractivity contribution in [2.45, 2.75) is 6.04 Å². The number of rotatable bonds is 1. The summed E-state index contributed by atoms with van der Waals surface area (Å²) in [4.78, 5) is 15.0. The van der Waals surface area contributed by atoms with Crippen LogP contribution in [-0.2, 0) is 0 Å². The number of nitrogens with one attached hydrogen (secondary N) is 2. The van der Waals surface area contributed by atoms with E-state index >= 15 is 0 Å². The molecule has 4 heteroatoms. The Morgan fingerprint density at radius 3 is 2.41 bits per heavy atom. The molecule has 0 radical (unpaired) electrons. The number of piperazine rings is 1. The summed E-state index contributed by atoms with van der Waals surface area (Å²) in [6, 6.07) is 16.2. The second-order valence-electron chi connectivity index (χ2n) is 5.82. The van der Waals surface area contributed by atoms with Gasteiger partial charge >= 0.3 is 0 Å². The average Bonchev–Trinajstić information content (AvgIpc) is 2.70. The molecule has 0 aliphatic carbocycles. The van der Waals surface area contributed by atoms with Crippen LogP contribution in [0.3, 0.4) is 0 Å². The highest BCUT2D eigenvalue weighted by Crippen LogP contribution is 2.38. The lowest BCUT2D eigenvalue weighted by Crippen LogP contribution is -2.45. The number of para-hydroxylation sites is 1. The van der Waals surface area contributed by atoms with Gasteiger partial charge in [0.1, 0.15) is 0 Å². The third-order valence-electron chi connectivity index (χ3n) is 4.52. The molecule has 22 heavy (non-hydrogen) atoms. The summed E-state index contributed by atoms with van der Waals surface area (Å²) in [5, 5.41) is 6.47. The van der Waals surface area contributed by atoms with Crippen LogP contribution in [-0.4, -0.2) is 37.0 Å². The Kier molecular flexibility index (Phi) is 3.41. The number of carbonyl (C=O) groups excluding carboxylic acids is 1. The van der Waals surface area contributed by atoms with Gasteiger partial charge in [-0.05, 0) is 23.3 Å². The van der Waals surface area contributed by atoms with E-state index in [9.17, 15) is 4.79 Å². The van der Waals surface area contributed by atoms with Crippen LogP contribution < -0.4 is 10.6 Å². The Labute approximate surface area is 130 Å². The van der Waals surface area contributed by atoms with Gasteiger partial charge in [0.15, 0.2) is 0 Å². The lowest BCUT2D eigenvalue weighted by molar-refractivity contribution is 0.102. The van der Waals surface area contributed by atoms with Crippen molar-refractivity contribution in [1.82, 2.24) is 10.2 Å². The molecule has 0 saturated carbocycles. The highest BCUT2D eigenvalue weighted by atomic mass is 16.1. The first-order valence-corrected chi connectivity index (χ1v) is 7.78. The predicted molar refractivity (Wildman–Crippen MR) is 87.1 cm³/mol. The molecule has 4 rings (SSSR count). The van der Waals surface area contributed by atoms with Crippen LogP contribution in [0.25, 0.3) is 0 Å². The summed E-state index contributed by atoms with van der Waals surface area (Å²) in [5.41, 5.74) is 3.99. The minimum atomic E-state index is -0.0133. The molecule has 1 atom stereocenters. The molecule has 0 spiro atoms. The monoisotopic (exact) mass is 293 g/mol. The molecule has 1 amide bonds. The molecule has 2 heterocycles. The molecule has 2 aromatic carbocycles. The first kappa shape index (κ1) is 13.5. The minimum Gasteiger partial charge on any atom is -0.322 e. The predicted octanol–water partition coefficient (Wildman–Crippen LogP) is 2.25. The molecule has 2 aliphatic rings. The van der Waals surface area contributed by atoms with Crippen molar-refractivity contribution in [3.8, 4) is 0 Å². The number of hydrogen-bond acceptors (Lipinski definition) is 3. The van der Waals surface area contributed by atoms with Gasteiger partial charge in [0.05, 0.1) is 6.04 Å². The first-order chi connectivity index (χ1) is 10.8. The number of anilines is 1. The molecule has 2 aromatic rings. The minimum absolute atomic E-state index is 0.0133. The number of carbonyl (C=O) groups is 1. The molecule has 1 saturated heterocycles. The Morgan fingerprint density at radius 1 is 0.909 bits per heavy atom. The van der Waals surface area contributed by atoms with Crippen LogP contribution in [0.4, 0.5) is 5.69 Å². The van der Waals surface area contributed by atoms with Gasteiger partial charge in [-0.15, -0.1) is 0 Å². The van der Waals surface area contributed by atoms with E-state index in [1.165, 1.54) is 5.56 Å². The van der Waals surface area contributed by atoms with Crippen LogP contribution >= 0.6 is 0 Å². The van der Waals surface area contributed by atoms with E-state index in [2.05, 4.69) is 27.7 Å². The van der Waals surface area contributed by atoms with Crippen molar-refractivity contribution in [2.75, 3.05) is 31.5 Å². The van der Waals surface area contributed by atoms with Crippen molar-refractivity contribution in [1.29, 1.82) is 0 Å². The molecule has 2 N–H and O–H groups in total. The summed E-state index contributed by atoms with van der Waals surface area (Å²) in [6.07, 6.45) is 0. The largest absolute Gasteiger partial charge is 0.322 e. The second kappa shape index (κ2) is 5.55. The Hall–Kier alpha value is -2.17. The number of hydrogen-bond donors (Lipinski definition) is 2. The van der Waals surface area contributed by atoms with E-state index in [1.807, 2.05) is 36.4 Å². The van der Waals surface area contributed by atoms with Crippen molar-refractivity contribution in [2.24, 2.45) is 0 Å². The van der Waals surface area contributed by atoms with Crippen LogP contribution in [0.5, 0.6) is 0 Å². The lowest BCUT2D eigenvalue weighted by atomic mass is 9.93. The normalized spacial score (nSPS) is 21.5. The smallest absolute Gasteiger partial charge is 0.256 e. The van der Waals surface area contributed by atoms with Crippen LogP contribution in [0.2, 0.25) is 0 Å². The highest BCUT2D eigenvalue weighted by Gasteiger charge is 2.31. The number of benzene rings is 2. The fraction of sp³-hybridized carbons (Fsp3) is 0.278. The first-order valence-electron chi connectivity index (χ1n) is 7.78. The summed E-state index contributed by atoms with van der Waals surface area (Å²) < 4.78 is 0. The summed E-state index contributed by atoms with van der Waals surface area (Å²) >= 11 is 0. The SMILES string of the molecule is O=C1Nc2ccccc2C(N2CCNCC2)c2ccccc21. The maximum Gasteiger partial charge on any atom is 0.256 e. The van der Waals surface area contributed by atoms with Gasteiger partial charge in [-0.25, -0.2) is 0 Å². The van der Waals surface area contributed by atoms with Gasteiger partial charge < -0.3 is 10.6 Å². The lowest BCUT2D eigenvalue weighted by Gasteiger charge is -2.35. The summed E-state index contributed by atoms with van der Waals surface area (Å²) in [5.74, 6) is -0.0133. The fourth-order valence-electron chi connectivity index (χ4n) is 3.48. The van der Waals surface area contributed by atoms with Crippen LogP contribution in [0, 0.1) is 0 Å². The molecule has 1 unspecified atom stereocenters. The number of amides is 1. The Morgan fingerprint density at radius 2 is 1.59 bits per heavy atom. The van der Waals surface area contributed by atoms with Crippen molar-refractivity contribution < 1.29 is 4.79 Å². The maximum absolute atomic E-state index is 12.6. The standard InChI is InChI=1S/C18H19N3O/c22-18-14-6-2-1-5-13(14)17(21-11-9-19-10-12-21)15-7-3-4-8-16(15)20-18/h1-8,17,19H,9-12H2,(H,20,22). The molecule has 4 nitrogen and oxygen atoms in total. The van der Waals surface area contributed by atoms with E-state index in [4.69, 9.17) is 0 Å². The van der Waals surface area contributed by atoms with Gasteiger partial charge in [-0.2, -0.15) is 0 Å². The van der Waals surface area contributed by atoms with E-state index in [0.29, 0.717) is 0 Å². The van der Waals surface area contributed by atoms with E-state index < -0.39 is 0 Å². The second-order valence-corrected chi connectivity index (χ2v) is 5.82. The molecular weight excluding hydrogens is 274 g/mol. The Balaban J connectivity index is 1.90. The maximum atomic E-state index is 12.6. The van der Waals surface area contributed by atoms with Crippen molar-refractivity contribution >= 4 is 11.6 Å². The summed E-state index contributed by atoms with van der Waals surface area (Å²) in [7, 11) is 0. The van der Waals surface area contributed by atoms with Crippen molar-refractivity contribution in [3.63, 3.8) is 0 Å². The van der Waals surface area contributed by atoms with Gasteiger partial charge in [-0.3, -0.25) is 9.69 Å². The Bertz CT molecular complexity index is 707. The van der Waals surface area contributed by atoms with Crippen LogP contribution in [0.1, 0.15) is 27.5 Å². The molecule has 0 bridgehead atoms.